The van der Waals surface area contributed by atoms with Crippen molar-refractivity contribution in [2.45, 2.75) is 0 Å². The molecule has 7 heteroatoms. The lowest BCUT2D eigenvalue weighted by molar-refractivity contribution is 0.622. The van der Waals surface area contributed by atoms with Crippen LogP contribution in [0.1, 0.15) is 0 Å². The van der Waals surface area contributed by atoms with Crippen molar-refractivity contribution in [2.24, 2.45) is 0 Å². The van der Waals surface area contributed by atoms with Crippen molar-refractivity contribution in [1.29, 1.82) is 0 Å². The maximum atomic E-state index is 13.8. The van der Waals surface area contributed by atoms with E-state index in [2.05, 4.69) is 43.5 Å². The van der Waals surface area contributed by atoms with Crippen molar-refractivity contribution in [3.63, 3.8) is 0 Å². The first-order valence-corrected chi connectivity index (χ1v) is 8.18. The summed E-state index contributed by atoms with van der Waals surface area (Å²) in [5.41, 5.74) is 2.33. The fourth-order valence-corrected chi connectivity index (χ4v) is 3.77. The van der Waals surface area contributed by atoms with Gasteiger partial charge in [0.1, 0.15) is 5.82 Å². The van der Waals surface area contributed by atoms with Gasteiger partial charge in [-0.15, -0.1) is 0 Å². The van der Waals surface area contributed by atoms with E-state index in [1.807, 2.05) is 12.1 Å². The number of aromatic nitrogens is 2. The molecule has 0 aliphatic carbocycles. The molecule has 20 heavy (non-hydrogen) atoms. The van der Waals surface area contributed by atoms with Crippen LogP contribution in [-0.4, -0.2) is 9.55 Å². The van der Waals surface area contributed by atoms with Crippen LogP contribution >= 0.6 is 62.3 Å². The number of hydrogen-bond acceptors (Lipinski definition) is 1. The Labute approximate surface area is 146 Å². The zero-order valence-electron chi connectivity index (χ0n) is 9.75. The largest absolute Gasteiger partial charge is 0.330 e. The molecule has 0 aliphatic rings. The highest BCUT2D eigenvalue weighted by atomic mass is 127. The number of H-pyrrole nitrogens is 1. The fourth-order valence-electron chi connectivity index (χ4n) is 2.00. The third-order valence-corrected chi connectivity index (χ3v) is 4.87. The SMILES string of the molecule is Fc1cc2c(cc1Br)[nH]c(=S)n2-c1ccc(Cl)cc1I. The van der Waals surface area contributed by atoms with Crippen LogP contribution in [0, 0.1) is 14.2 Å². The molecule has 2 aromatic carbocycles. The van der Waals surface area contributed by atoms with Crippen LogP contribution in [0.3, 0.4) is 0 Å². The van der Waals surface area contributed by atoms with E-state index >= 15 is 0 Å². The number of nitrogens with one attached hydrogen (secondary N) is 1. The fraction of sp³-hybridized carbons (Fsp3) is 0. The summed E-state index contributed by atoms with van der Waals surface area (Å²) in [4.78, 5) is 3.08. The van der Waals surface area contributed by atoms with Crippen LogP contribution in [0.5, 0.6) is 0 Å². The number of aromatic amines is 1. The molecule has 0 aliphatic heterocycles. The average molecular weight is 484 g/mol. The Kier molecular flexibility index (Phi) is 3.91. The second-order valence-corrected chi connectivity index (χ2v) is 6.98. The summed E-state index contributed by atoms with van der Waals surface area (Å²) < 4.78 is 17.4. The van der Waals surface area contributed by atoms with Gasteiger partial charge in [0.25, 0.3) is 0 Å². The molecule has 0 bridgehead atoms. The Bertz CT molecular complexity index is 890. The molecular weight excluding hydrogens is 477 g/mol. The van der Waals surface area contributed by atoms with E-state index in [0.29, 0.717) is 19.8 Å². The lowest BCUT2D eigenvalue weighted by atomic mass is 10.2. The first kappa shape index (κ1) is 14.5. The molecule has 0 saturated heterocycles. The summed E-state index contributed by atoms with van der Waals surface area (Å²) in [6.45, 7) is 0. The highest BCUT2D eigenvalue weighted by Crippen LogP contribution is 2.28. The number of hydrogen-bond donors (Lipinski definition) is 1. The molecular formula is C13H6BrClFIN2S. The molecule has 0 unspecified atom stereocenters. The summed E-state index contributed by atoms with van der Waals surface area (Å²) in [7, 11) is 0. The van der Waals surface area contributed by atoms with Gasteiger partial charge in [-0.2, -0.15) is 0 Å². The highest BCUT2D eigenvalue weighted by molar-refractivity contribution is 14.1. The molecule has 3 aromatic rings. The zero-order chi connectivity index (χ0) is 14.4. The van der Waals surface area contributed by atoms with Gasteiger partial charge in [-0.1, -0.05) is 11.6 Å². The number of rotatable bonds is 1. The molecule has 0 fully saturated rings. The maximum absolute atomic E-state index is 13.8. The zero-order valence-corrected chi connectivity index (χ0v) is 15.1. The molecule has 0 atom stereocenters. The van der Waals surface area contributed by atoms with E-state index in [1.54, 1.807) is 16.7 Å². The number of imidazole rings is 1. The Morgan fingerprint density at radius 1 is 1.30 bits per heavy atom. The smallest absolute Gasteiger partial charge is 0.182 e. The van der Waals surface area contributed by atoms with Gasteiger partial charge >= 0.3 is 0 Å². The minimum Gasteiger partial charge on any atom is -0.330 e. The van der Waals surface area contributed by atoms with Crippen molar-refractivity contribution < 1.29 is 4.39 Å². The summed E-state index contributed by atoms with van der Waals surface area (Å²) in [6, 6.07) is 8.63. The number of halogens is 4. The standard InChI is InChI=1S/C13H6BrClFIN2S/c14-7-4-10-12(5-8(7)16)19(13(20)18-10)11-2-1-6(15)3-9(11)17/h1-5H,(H,18,20). The van der Waals surface area contributed by atoms with Gasteiger partial charge in [-0.3, -0.25) is 4.57 Å². The van der Waals surface area contributed by atoms with Gasteiger partial charge in [0, 0.05) is 14.7 Å². The van der Waals surface area contributed by atoms with Gasteiger partial charge in [0.15, 0.2) is 4.77 Å². The minimum atomic E-state index is -0.329. The van der Waals surface area contributed by atoms with E-state index in [1.165, 1.54) is 6.07 Å². The van der Waals surface area contributed by atoms with E-state index in [4.69, 9.17) is 23.8 Å². The minimum absolute atomic E-state index is 0.329. The number of fused-ring (bicyclic) bond motifs is 1. The van der Waals surface area contributed by atoms with Crippen molar-refractivity contribution in [3.8, 4) is 5.69 Å². The van der Waals surface area contributed by atoms with Crippen LogP contribution in [0.25, 0.3) is 16.7 Å². The summed E-state index contributed by atoms with van der Waals surface area (Å²) in [5.74, 6) is -0.329. The van der Waals surface area contributed by atoms with Gasteiger partial charge in [0.05, 0.1) is 21.2 Å². The second-order valence-electron chi connectivity index (χ2n) is 4.14. The third-order valence-electron chi connectivity index (χ3n) is 2.87. The lowest BCUT2D eigenvalue weighted by Gasteiger charge is -2.08. The molecule has 2 nitrogen and oxygen atoms in total. The quantitative estimate of drug-likeness (QED) is 0.340. The van der Waals surface area contributed by atoms with Gasteiger partial charge < -0.3 is 4.98 Å². The van der Waals surface area contributed by atoms with E-state index in [9.17, 15) is 4.39 Å². The molecule has 3 rings (SSSR count). The lowest BCUT2D eigenvalue weighted by Crippen LogP contribution is -1.97. The Morgan fingerprint density at radius 3 is 2.75 bits per heavy atom. The monoisotopic (exact) mass is 482 g/mol. The van der Waals surface area contributed by atoms with Gasteiger partial charge in [0.2, 0.25) is 0 Å². The van der Waals surface area contributed by atoms with E-state index in [-0.39, 0.29) is 5.82 Å². The van der Waals surface area contributed by atoms with Gasteiger partial charge in [-0.25, -0.2) is 4.39 Å². The third kappa shape index (κ3) is 2.43. The molecule has 1 aromatic heterocycles. The first-order chi connectivity index (χ1) is 9.47. The van der Waals surface area contributed by atoms with Crippen LogP contribution in [-0.2, 0) is 0 Å². The Balaban J connectivity index is 2.39. The summed E-state index contributed by atoms with van der Waals surface area (Å²) >= 11 is 16.7. The van der Waals surface area contributed by atoms with Crippen LogP contribution in [0.15, 0.2) is 34.8 Å². The Hall–Kier alpha value is -0.440. The first-order valence-electron chi connectivity index (χ1n) is 5.52. The van der Waals surface area contributed by atoms with Crippen LogP contribution in [0.2, 0.25) is 5.02 Å². The summed E-state index contributed by atoms with van der Waals surface area (Å²) in [6.07, 6.45) is 0. The highest BCUT2D eigenvalue weighted by Gasteiger charge is 2.12. The van der Waals surface area contributed by atoms with Crippen molar-refractivity contribution in [2.75, 3.05) is 0 Å². The van der Waals surface area contributed by atoms with Crippen molar-refractivity contribution in [1.82, 2.24) is 9.55 Å². The molecule has 0 saturated carbocycles. The topological polar surface area (TPSA) is 20.7 Å². The number of benzene rings is 2. The van der Waals surface area contributed by atoms with E-state index in [0.717, 1.165) is 14.8 Å². The molecule has 0 spiro atoms. The van der Waals surface area contributed by atoms with Crippen molar-refractivity contribution >= 4 is 73.4 Å². The Morgan fingerprint density at radius 2 is 2.05 bits per heavy atom. The predicted octanol–water partition coefficient (Wildman–Crippen LogP) is 5.85. The normalized spacial score (nSPS) is 11.2. The van der Waals surface area contributed by atoms with E-state index < -0.39 is 0 Å². The average Bonchev–Trinajstić information content (AvgIpc) is 2.66. The second kappa shape index (κ2) is 5.40. The number of nitrogens with zero attached hydrogens (tertiary/aromatic N) is 1. The predicted molar refractivity (Wildman–Crippen MR) is 93.8 cm³/mol. The van der Waals surface area contributed by atoms with Crippen molar-refractivity contribution in [3.05, 3.63) is 54.0 Å². The van der Waals surface area contributed by atoms with Crippen LogP contribution in [0.4, 0.5) is 4.39 Å². The van der Waals surface area contributed by atoms with Gasteiger partial charge in [-0.05, 0) is 75.0 Å². The van der Waals surface area contributed by atoms with Crippen LogP contribution < -0.4 is 0 Å². The molecule has 1 heterocycles. The maximum Gasteiger partial charge on any atom is 0.182 e. The molecule has 1 N–H and O–H groups in total. The molecule has 0 amide bonds. The summed E-state index contributed by atoms with van der Waals surface area (Å²) in [5, 5.41) is 0.651. The molecule has 0 radical (unpaired) electrons. The molecule has 102 valence electrons.